The van der Waals surface area contributed by atoms with Crippen molar-refractivity contribution < 1.29 is 19.4 Å². The van der Waals surface area contributed by atoms with E-state index in [-0.39, 0.29) is 17.4 Å². The van der Waals surface area contributed by atoms with Gasteiger partial charge in [0.1, 0.15) is 5.76 Å². The van der Waals surface area contributed by atoms with Crippen LogP contribution < -0.4 is 0 Å². The number of hydrogen-bond donors (Lipinski definition) is 1. The van der Waals surface area contributed by atoms with E-state index in [1.165, 1.54) is 0 Å². The molecule has 2 unspecified atom stereocenters. The third-order valence-corrected chi connectivity index (χ3v) is 7.40. The van der Waals surface area contributed by atoms with Crippen molar-refractivity contribution in [3.8, 4) is 0 Å². The first kappa shape index (κ1) is 21.9. The molecule has 3 aromatic carbocycles. The highest BCUT2D eigenvalue weighted by molar-refractivity contribution is 9.10. The molecule has 1 N–H and O–H groups in total. The molecule has 6 heteroatoms. The van der Waals surface area contributed by atoms with Crippen molar-refractivity contribution in [3.63, 3.8) is 0 Å². The molecule has 33 heavy (non-hydrogen) atoms. The minimum atomic E-state index is -0.691. The van der Waals surface area contributed by atoms with Crippen molar-refractivity contribution in [1.29, 1.82) is 0 Å². The highest BCUT2D eigenvalue weighted by Gasteiger charge is 2.47. The van der Waals surface area contributed by atoms with Gasteiger partial charge in [0.25, 0.3) is 11.7 Å². The van der Waals surface area contributed by atoms with E-state index in [4.69, 9.17) is 4.74 Å². The van der Waals surface area contributed by atoms with Gasteiger partial charge in [0.05, 0.1) is 17.7 Å². The average molecular weight is 506 g/mol. The summed E-state index contributed by atoms with van der Waals surface area (Å²) in [6.45, 7) is 2.89. The quantitative estimate of drug-likeness (QED) is 0.288. The monoisotopic (exact) mass is 505 g/mol. The molecular formula is C27H24BrNO4. The lowest BCUT2D eigenvalue weighted by atomic mass is 9.91. The molecule has 2 aliphatic heterocycles. The predicted molar refractivity (Wildman–Crippen MR) is 131 cm³/mol. The first-order valence-electron chi connectivity index (χ1n) is 11.1. The Balaban J connectivity index is 1.71. The molecule has 2 atom stereocenters. The van der Waals surface area contributed by atoms with Crippen LogP contribution in [-0.4, -0.2) is 41.0 Å². The number of likely N-dealkylation sites (tertiary alicyclic amines) is 1. The Hall–Kier alpha value is -2.96. The summed E-state index contributed by atoms with van der Waals surface area (Å²) in [7, 11) is 0. The molecule has 1 amide bonds. The molecular weight excluding hydrogens is 482 g/mol. The molecule has 168 valence electrons. The van der Waals surface area contributed by atoms with Crippen molar-refractivity contribution >= 4 is 44.2 Å². The number of nitrogens with zero attached hydrogens (tertiary/aromatic N) is 1. The Kier molecular flexibility index (Phi) is 5.81. The summed E-state index contributed by atoms with van der Waals surface area (Å²) in [6.07, 6.45) is 1.67. The van der Waals surface area contributed by atoms with Gasteiger partial charge in [-0.15, -0.1) is 0 Å². The lowest BCUT2D eigenvalue weighted by Crippen LogP contribution is -2.36. The average Bonchev–Trinajstić information content (AvgIpc) is 3.42. The van der Waals surface area contributed by atoms with Crippen LogP contribution in [0.15, 0.2) is 70.7 Å². The number of Topliss-reactive ketones (excluding diaryl/α,β-unsaturated/α-hetero) is 1. The van der Waals surface area contributed by atoms with Gasteiger partial charge in [-0.25, -0.2) is 0 Å². The number of fused-ring (bicyclic) bond motifs is 1. The number of ether oxygens (including phenoxy) is 1. The maximum Gasteiger partial charge on any atom is 0.295 e. The molecule has 0 radical (unpaired) electrons. The highest BCUT2D eigenvalue weighted by Crippen LogP contribution is 2.42. The van der Waals surface area contributed by atoms with Gasteiger partial charge in [-0.05, 0) is 53.8 Å². The fourth-order valence-electron chi connectivity index (χ4n) is 4.84. The van der Waals surface area contributed by atoms with Gasteiger partial charge in [-0.1, -0.05) is 64.5 Å². The van der Waals surface area contributed by atoms with Gasteiger partial charge in [0.15, 0.2) is 0 Å². The van der Waals surface area contributed by atoms with Gasteiger partial charge in [-0.2, -0.15) is 0 Å². The third-order valence-electron chi connectivity index (χ3n) is 6.51. The Labute approximate surface area is 200 Å². The molecule has 5 nitrogen and oxygen atoms in total. The highest BCUT2D eigenvalue weighted by atomic mass is 79.9. The summed E-state index contributed by atoms with van der Waals surface area (Å²) in [4.78, 5) is 28.1. The van der Waals surface area contributed by atoms with Crippen molar-refractivity contribution in [1.82, 2.24) is 4.90 Å². The van der Waals surface area contributed by atoms with E-state index in [0.29, 0.717) is 18.7 Å². The SMILES string of the molecule is Cc1cc(/C(O)=C2/C(=O)C(=O)N(CC3CCCO3)C2c2cccc3ccccc23)ccc1Br. The van der Waals surface area contributed by atoms with Crippen molar-refractivity contribution in [2.45, 2.75) is 31.9 Å². The first-order valence-corrected chi connectivity index (χ1v) is 11.9. The summed E-state index contributed by atoms with van der Waals surface area (Å²) in [6, 6.07) is 18.5. The van der Waals surface area contributed by atoms with Crippen LogP contribution in [0.2, 0.25) is 0 Å². The maximum absolute atomic E-state index is 13.3. The number of halogens is 1. The second kappa shape index (κ2) is 8.76. The molecule has 3 aromatic rings. The van der Waals surface area contributed by atoms with Gasteiger partial charge in [-0.3, -0.25) is 9.59 Å². The molecule has 0 aromatic heterocycles. The third kappa shape index (κ3) is 3.87. The first-order chi connectivity index (χ1) is 16.0. The van der Waals surface area contributed by atoms with Crippen LogP contribution in [0.25, 0.3) is 16.5 Å². The summed E-state index contributed by atoms with van der Waals surface area (Å²) in [5, 5.41) is 13.3. The normalized spacial score (nSPS) is 22.4. The van der Waals surface area contributed by atoms with Gasteiger partial charge < -0.3 is 14.7 Å². The van der Waals surface area contributed by atoms with Crippen LogP contribution in [0.3, 0.4) is 0 Å². The van der Waals surface area contributed by atoms with Gasteiger partial charge in [0, 0.05) is 23.2 Å². The topological polar surface area (TPSA) is 66.8 Å². The van der Waals surface area contributed by atoms with Gasteiger partial charge >= 0.3 is 0 Å². The minimum absolute atomic E-state index is 0.115. The maximum atomic E-state index is 13.3. The van der Waals surface area contributed by atoms with Gasteiger partial charge in [0.2, 0.25) is 0 Å². The van der Waals surface area contributed by atoms with Crippen molar-refractivity contribution in [2.75, 3.05) is 13.2 Å². The van der Waals surface area contributed by atoms with Crippen LogP contribution in [0.4, 0.5) is 0 Å². The number of carbonyl (C=O) groups excluding carboxylic acids is 2. The molecule has 0 saturated carbocycles. The van der Waals surface area contributed by atoms with Crippen LogP contribution in [-0.2, 0) is 14.3 Å². The molecule has 2 saturated heterocycles. The Morgan fingerprint density at radius 1 is 1.12 bits per heavy atom. The zero-order valence-corrected chi connectivity index (χ0v) is 19.8. The smallest absolute Gasteiger partial charge is 0.295 e. The fraction of sp³-hybridized carbons (Fsp3) is 0.259. The lowest BCUT2D eigenvalue weighted by molar-refractivity contribution is -0.140. The van der Waals surface area contributed by atoms with Crippen LogP contribution in [0, 0.1) is 6.92 Å². The second-order valence-electron chi connectivity index (χ2n) is 8.62. The van der Waals surface area contributed by atoms with E-state index in [2.05, 4.69) is 15.9 Å². The van der Waals surface area contributed by atoms with Crippen LogP contribution in [0.1, 0.15) is 35.6 Å². The van der Waals surface area contributed by atoms with Crippen LogP contribution >= 0.6 is 15.9 Å². The number of rotatable bonds is 4. The standard InChI is InChI=1S/C27H24BrNO4/c1-16-14-18(11-12-22(16)28)25(30)23-24(21-10-4-7-17-6-2-3-9-20(17)21)29(27(32)26(23)31)15-19-8-5-13-33-19/h2-4,6-7,9-12,14,19,24,30H,5,8,13,15H2,1H3/b25-23-. The van der Waals surface area contributed by atoms with E-state index in [9.17, 15) is 14.7 Å². The predicted octanol–water partition coefficient (Wildman–Crippen LogP) is 5.51. The number of hydrogen-bond acceptors (Lipinski definition) is 4. The number of carbonyl (C=O) groups is 2. The molecule has 2 aliphatic rings. The van der Waals surface area contributed by atoms with E-state index < -0.39 is 17.7 Å². The van der Waals surface area contributed by atoms with E-state index >= 15 is 0 Å². The number of benzene rings is 3. The molecule has 2 heterocycles. The van der Waals surface area contributed by atoms with E-state index in [1.807, 2.05) is 61.5 Å². The lowest BCUT2D eigenvalue weighted by Gasteiger charge is -2.28. The van der Waals surface area contributed by atoms with Crippen LogP contribution in [0.5, 0.6) is 0 Å². The summed E-state index contributed by atoms with van der Waals surface area (Å²) in [5.41, 5.74) is 2.38. The van der Waals surface area contributed by atoms with Crippen molar-refractivity contribution in [3.05, 3.63) is 87.4 Å². The molecule has 2 fully saturated rings. The summed E-state index contributed by atoms with van der Waals surface area (Å²) >= 11 is 3.48. The van der Waals surface area contributed by atoms with E-state index in [0.717, 1.165) is 39.2 Å². The molecule has 0 spiro atoms. The summed E-state index contributed by atoms with van der Waals surface area (Å²) < 4.78 is 6.70. The number of amides is 1. The number of aliphatic hydroxyl groups is 1. The largest absolute Gasteiger partial charge is 0.507 e. The zero-order chi connectivity index (χ0) is 23.1. The molecule has 0 bridgehead atoms. The fourth-order valence-corrected chi connectivity index (χ4v) is 5.08. The molecule has 0 aliphatic carbocycles. The number of aryl methyl sites for hydroxylation is 1. The Morgan fingerprint density at radius 2 is 1.91 bits per heavy atom. The minimum Gasteiger partial charge on any atom is -0.507 e. The zero-order valence-electron chi connectivity index (χ0n) is 18.3. The Bertz CT molecular complexity index is 1290. The number of ketones is 1. The van der Waals surface area contributed by atoms with Crippen molar-refractivity contribution in [2.24, 2.45) is 0 Å². The molecule has 5 rings (SSSR count). The summed E-state index contributed by atoms with van der Waals surface area (Å²) in [5.74, 6) is -1.42. The number of aliphatic hydroxyl groups excluding tert-OH is 1. The Morgan fingerprint density at radius 3 is 2.67 bits per heavy atom. The second-order valence-corrected chi connectivity index (χ2v) is 9.47. The van der Waals surface area contributed by atoms with E-state index in [1.54, 1.807) is 11.0 Å².